The van der Waals surface area contributed by atoms with E-state index in [1.54, 1.807) is 4.90 Å². The second-order valence-corrected chi connectivity index (χ2v) is 6.79. The third kappa shape index (κ3) is 5.20. The summed E-state index contributed by atoms with van der Waals surface area (Å²) in [6.07, 6.45) is 5.08. The predicted molar refractivity (Wildman–Crippen MR) is 89.3 cm³/mol. The largest absolute Gasteiger partial charge is 0.393 e. The molecule has 6 heteroatoms. The molecule has 0 bridgehead atoms. The van der Waals surface area contributed by atoms with Crippen molar-refractivity contribution in [1.29, 1.82) is 0 Å². The van der Waals surface area contributed by atoms with Crippen molar-refractivity contribution in [1.82, 2.24) is 14.7 Å². The third-order valence-electron chi connectivity index (χ3n) is 4.65. The second kappa shape index (κ2) is 8.06. The smallest absolute Gasteiger partial charge is 0.223 e. The van der Waals surface area contributed by atoms with Crippen molar-refractivity contribution in [2.75, 3.05) is 46.3 Å². The van der Waals surface area contributed by atoms with Crippen molar-refractivity contribution in [3.05, 3.63) is 0 Å². The molecule has 2 aliphatic rings. The molecular formula is C15H28N4OS. The van der Waals surface area contributed by atoms with Crippen molar-refractivity contribution in [2.45, 2.75) is 38.1 Å². The molecule has 1 atom stereocenters. The molecule has 0 aliphatic carbocycles. The van der Waals surface area contributed by atoms with Crippen LogP contribution in [-0.2, 0) is 4.79 Å². The standard InChI is InChI=1S/C15H28N4OS/c1-17(10-5-14(16)21)15(20)6-11-18-7-3-9-19-8-2-4-13(19)12-18/h13H,2-12H2,1H3,(H2,16,21). The molecule has 2 rings (SSSR count). The number of hydrogen-bond acceptors (Lipinski definition) is 4. The van der Waals surface area contributed by atoms with Gasteiger partial charge < -0.3 is 15.5 Å². The average Bonchev–Trinajstić information content (AvgIpc) is 2.80. The van der Waals surface area contributed by atoms with E-state index in [1.807, 2.05) is 7.05 Å². The SMILES string of the molecule is CN(CCC(N)=S)C(=O)CCN1CCCN2CCCC2C1. The highest BCUT2D eigenvalue weighted by molar-refractivity contribution is 7.80. The summed E-state index contributed by atoms with van der Waals surface area (Å²) in [6.45, 7) is 6.24. The maximum absolute atomic E-state index is 12.1. The summed E-state index contributed by atoms with van der Waals surface area (Å²) in [5.41, 5.74) is 5.48. The van der Waals surface area contributed by atoms with Gasteiger partial charge in [0.15, 0.2) is 0 Å². The van der Waals surface area contributed by atoms with Gasteiger partial charge in [-0.25, -0.2) is 0 Å². The topological polar surface area (TPSA) is 52.8 Å². The van der Waals surface area contributed by atoms with Crippen LogP contribution in [0, 0.1) is 0 Å². The Hall–Kier alpha value is -0.720. The maximum Gasteiger partial charge on any atom is 0.223 e. The van der Waals surface area contributed by atoms with E-state index in [-0.39, 0.29) is 5.91 Å². The van der Waals surface area contributed by atoms with Crippen LogP contribution in [0.15, 0.2) is 0 Å². The van der Waals surface area contributed by atoms with Gasteiger partial charge in [-0.05, 0) is 38.9 Å². The molecule has 1 unspecified atom stereocenters. The minimum Gasteiger partial charge on any atom is -0.393 e. The molecule has 0 aromatic rings. The lowest BCUT2D eigenvalue weighted by Crippen LogP contribution is -2.38. The van der Waals surface area contributed by atoms with Crippen molar-refractivity contribution in [2.24, 2.45) is 5.73 Å². The van der Waals surface area contributed by atoms with Gasteiger partial charge in [-0.15, -0.1) is 0 Å². The van der Waals surface area contributed by atoms with Crippen LogP contribution in [0.5, 0.6) is 0 Å². The lowest BCUT2D eigenvalue weighted by Gasteiger charge is -2.26. The van der Waals surface area contributed by atoms with E-state index in [9.17, 15) is 4.79 Å². The molecule has 21 heavy (non-hydrogen) atoms. The molecule has 0 aromatic carbocycles. The van der Waals surface area contributed by atoms with Gasteiger partial charge in [0.2, 0.25) is 5.91 Å². The van der Waals surface area contributed by atoms with Gasteiger partial charge in [0.1, 0.15) is 0 Å². The number of carbonyl (C=O) groups is 1. The highest BCUT2D eigenvalue weighted by atomic mass is 32.1. The molecule has 2 aliphatic heterocycles. The zero-order valence-corrected chi connectivity index (χ0v) is 13.9. The van der Waals surface area contributed by atoms with E-state index < -0.39 is 0 Å². The highest BCUT2D eigenvalue weighted by Gasteiger charge is 2.28. The number of nitrogens with zero attached hydrogens (tertiary/aromatic N) is 3. The number of thiocarbonyl (C=S) groups is 1. The number of amides is 1. The summed E-state index contributed by atoms with van der Waals surface area (Å²) >= 11 is 4.85. The van der Waals surface area contributed by atoms with E-state index in [0.29, 0.717) is 24.4 Å². The first-order valence-corrected chi connectivity index (χ1v) is 8.46. The molecule has 2 heterocycles. The predicted octanol–water partition coefficient (Wildman–Crippen LogP) is 0.681. The number of fused-ring (bicyclic) bond motifs is 1. The Kier molecular flexibility index (Phi) is 6.39. The summed E-state index contributed by atoms with van der Waals surface area (Å²) in [5.74, 6) is 0.193. The molecule has 2 N–H and O–H groups in total. The van der Waals surface area contributed by atoms with Crippen LogP contribution in [0.4, 0.5) is 0 Å². The highest BCUT2D eigenvalue weighted by Crippen LogP contribution is 2.21. The summed E-state index contributed by atoms with van der Waals surface area (Å²) in [7, 11) is 1.84. The van der Waals surface area contributed by atoms with Gasteiger partial charge in [0.05, 0.1) is 4.99 Å². The fraction of sp³-hybridized carbons (Fsp3) is 0.867. The van der Waals surface area contributed by atoms with E-state index >= 15 is 0 Å². The number of hydrogen-bond donors (Lipinski definition) is 1. The van der Waals surface area contributed by atoms with E-state index in [2.05, 4.69) is 9.80 Å². The summed E-state index contributed by atoms with van der Waals surface area (Å²) < 4.78 is 0. The van der Waals surface area contributed by atoms with Crippen LogP contribution in [-0.4, -0.2) is 78.0 Å². The Morgan fingerprint density at radius 3 is 2.81 bits per heavy atom. The maximum atomic E-state index is 12.1. The lowest BCUT2D eigenvalue weighted by molar-refractivity contribution is -0.130. The molecule has 0 saturated carbocycles. The van der Waals surface area contributed by atoms with Crippen molar-refractivity contribution >= 4 is 23.1 Å². The Morgan fingerprint density at radius 2 is 2.05 bits per heavy atom. The molecular weight excluding hydrogens is 284 g/mol. The van der Waals surface area contributed by atoms with E-state index in [4.69, 9.17) is 18.0 Å². The first-order chi connectivity index (χ1) is 10.1. The number of carbonyl (C=O) groups excluding carboxylic acids is 1. The van der Waals surface area contributed by atoms with Crippen molar-refractivity contribution < 1.29 is 4.79 Å². The summed E-state index contributed by atoms with van der Waals surface area (Å²) in [5, 5.41) is 0. The molecule has 2 fully saturated rings. The summed E-state index contributed by atoms with van der Waals surface area (Å²) in [4.78, 5) is 19.4. The first kappa shape index (κ1) is 16.6. The molecule has 0 radical (unpaired) electrons. The average molecular weight is 312 g/mol. The Bertz CT molecular complexity index is 377. The van der Waals surface area contributed by atoms with Gasteiger partial charge in [-0.2, -0.15) is 0 Å². The molecule has 120 valence electrons. The van der Waals surface area contributed by atoms with Crippen molar-refractivity contribution in [3.8, 4) is 0 Å². The van der Waals surface area contributed by atoms with Gasteiger partial charge in [0, 0.05) is 45.6 Å². The zero-order valence-electron chi connectivity index (χ0n) is 13.1. The molecule has 0 aromatic heterocycles. The van der Waals surface area contributed by atoms with Crippen LogP contribution >= 0.6 is 12.2 Å². The number of nitrogens with two attached hydrogens (primary N) is 1. The van der Waals surface area contributed by atoms with Crippen LogP contribution in [0.2, 0.25) is 0 Å². The quantitative estimate of drug-likeness (QED) is 0.731. The fourth-order valence-corrected chi connectivity index (χ4v) is 3.42. The molecule has 5 nitrogen and oxygen atoms in total. The van der Waals surface area contributed by atoms with Crippen LogP contribution in [0.25, 0.3) is 0 Å². The fourth-order valence-electron chi connectivity index (χ4n) is 3.33. The molecule has 0 spiro atoms. The second-order valence-electron chi connectivity index (χ2n) is 6.27. The van der Waals surface area contributed by atoms with Gasteiger partial charge in [0.25, 0.3) is 0 Å². The first-order valence-electron chi connectivity index (χ1n) is 8.05. The van der Waals surface area contributed by atoms with Crippen LogP contribution in [0.1, 0.15) is 32.1 Å². The normalized spacial score (nSPS) is 23.6. The molecule has 2 saturated heterocycles. The minimum atomic E-state index is 0.193. The Morgan fingerprint density at radius 1 is 1.29 bits per heavy atom. The lowest BCUT2D eigenvalue weighted by atomic mass is 10.2. The summed E-state index contributed by atoms with van der Waals surface area (Å²) in [6, 6.07) is 0.718. The van der Waals surface area contributed by atoms with Gasteiger partial charge >= 0.3 is 0 Å². The van der Waals surface area contributed by atoms with E-state index in [1.165, 1.54) is 32.4 Å². The number of rotatable bonds is 6. The van der Waals surface area contributed by atoms with Gasteiger partial charge in [-0.3, -0.25) is 9.69 Å². The third-order valence-corrected chi connectivity index (χ3v) is 4.85. The van der Waals surface area contributed by atoms with E-state index in [0.717, 1.165) is 25.7 Å². The zero-order chi connectivity index (χ0) is 15.2. The Labute approximate surface area is 133 Å². The van der Waals surface area contributed by atoms with Gasteiger partial charge in [-0.1, -0.05) is 12.2 Å². The van der Waals surface area contributed by atoms with Crippen molar-refractivity contribution in [3.63, 3.8) is 0 Å². The Balaban J connectivity index is 1.71. The minimum absolute atomic E-state index is 0.193. The molecule has 1 amide bonds. The van der Waals surface area contributed by atoms with Crippen LogP contribution in [0.3, 0.4) is 0 Å². The monoisotopic (exact) mass is 312 g/mol. The van der Waals surface area contributed by atoms with Crippen LogP contribution < -0.4 is 5.73 Å².